The zero-order valence-corrected chi connectivity index (χ0v) is 18.4. The topological polar surface area (TPSA) is 69.0 Å². The van der Waals surface area contributed by atoms with Gasteiger partial charge in [0.15, 0.2) is 10.1 Å². The molecular weight excluding hydrogens is 416 g/mol. The van der Waals surface area contributed by atoms with Crippen LogP contribution in [0.3, 0.4) is 0 Å². The summed E-state index contributed by atoms with van der Waals surface area (Å²) >= 11 is 2.87. The Hall–Kier alpha value is -2.68. The van der Waals surface area contributed by atoms with Crippen molar-refractivity contribution in [2.45, 2.75) is 4.34 Å². The molecule has 30 heavy (non-hydrogen) atoms. The predicted molar refractivity (Wildman–Crippen MR) is 124 cm³/mol. The number of rotatable bonds is 9. The largest absolute Gasteiger partial charge is 0.383 e. The second-order valence-corrected chi connectivity index (χ2v) is 8.87. The lowest BCUT2D eigenvalue weighted by Crippen LogP contribution is -2.06. The van der Waals surface area contributed by atoms with E-state index in [1.807, 2.05) is 55.6 Å². The van der Waals surface area contributed by atoms with Crippen molar-refractivity contribution in [3.05, 3.63) is 60.2 Å². The number of fused-ring (bicyclic) bond motifs is 1. The maximum Gasteiger partial charge on any atom is 0.206 e. The molecule has 4 aromatic rings. The summed E-state index contributed by atoms with van der Waals surface area (Å²) in [5, 5.41) is 13.2. The van der Waals surface area contributed by atoms with Crippen LogP contribution in [-0.2, 0) is 11.8 Å². The number of benzene rings is 2. The second kappa shape index (κ2) is 9.42. The van der Waals surface area contributed by atoms with Crippen LogP contribution in [0.4, 0.5) is 5.13 Å². The highest BCUT2D eigenvalue weighted by atomic mass is 32.2. The number of nitrogens with zero attached hydrogens (tertiary/aromatic N) is 3. The molecule has 0 atom stereocenters. The Bertz CT molecular complexity index is 1150. The number of nitrogens with one attached hydrogen (secondary N) is 1. The molecule has 0 amide bonds. The molecule has 0 saturated carbocycles. The summed E-state index contributed by atoms with van der Waals surface area (Å²) < 4.78 is 7.90. The van der Waals surface area contributed by atoms with Crippen molar-refractivity contribution in [2.75, 3.05) is 31.3 Å². The third-order valence-corrected chi connectivity index (χ3v) is 6.76. The number of carbonyl (C=O) groups excluding carboxylic acids is 1. The van der Waals surface area contributed by atoms with Crippen LogP contribution in [0.1, 0.15) is 10.4 Å². The van der Waals surface area contributed by atoms with Crippen molar-refractivity contribution in [1.29, 1.82) is 0 Å². The van der Waals surface area contributed by atoms with Gasteiger partial charge >= 0.3 is 0 Å². The summed E-state index contributed by atoms with van der Waals surface area (Å²) in [6.07, 6.45) is 0. The molecule has 1 N–H and O–H groups in total. The molecule has 2 heterocycles. The monoisotopic (exact) mass is 438 g/mol. The molecule has 0 radical (unpaired) electrons. The Morgan fingerprint density at radius 3 is 2.70 bits per heavy atom. The van der Waals surface area contributed by atoms with Gasteiger partial charge in [0.05, 0.1) is 23.6 Å². The Balaban J connectivity index is 1.59. The fourth-order valence-corrected chi connectivity index (χ4v) is 5.06. The molecule has 154 valence electrons. The lowest BCUT2D eigenvalue weighted by molar-refractivity contribution is 0.102. The van der Waals surface area contributed by atoms with Gasteiger partial charge in [-0.05, 0) is 11.6 Å². The fourth-order valence-electron chi connectivity index (χ4n) is 3.41. The Labute approximate surface area is 183 Å². The molecule has 2 aromatic heterocycles. The van der Waals surface area contributed by atoms with Crippen LogP contribution >= 0.6 is 23.1 Å². The van der Waals surface area contributed by atoms with Crippen molar-refractivity contribution in [1.82, 2.24) is 14.8 Å². The van der Waals surface area contributed by atoms with Gasteiger partial charge in [-0.1, -0.05) is 71.6 Å². The zero-order valence-electron chi connectivity index (χ0n) is 16.8. The third kappa shape index (κ3) is 4.26. The van der Waals surface area contributed by atoms with Crippen molar-refractivity contribution in [2.24, 2.45) is 7.05 Å². The molecule has 0 fully saturated rings. The Kier molecular flexibility index (Phi) is 6.47. The quantitative estimate of drug-likeness (QED) is 0.231. The molecule has 0 spiro atoms. The maximum absolute atomic E-state index is 13.3. The highest BCUT2D eigenvalue weighted by molar-refractivity contribution is 8.01. The van der Waals surface area contributed by atoms with Crippen LogP contribution in [0.15, 0.2) is 58.9 Å². The molecule has 0 aliphatic rings. The minimum Gasteiger partial charge on any atom is -0.383 e. The van der Waals surface area contributed by atoms with Gasteiger partial charge in [-0.2, -0.15) is 0 Å². The molecule has 8 heteroatoms. The van der Waals surface area contributed by atoms with E-state index in [0.29, 0.717) is 18.9 Å². The standard InChI is InChI=1S/C22H22N4O2S2/c1-26-17-11-7-6-10-16(17)19(20(26)15-8-4-3-5-9-15)18(27)14-29-22-25-24-21(30-22)23-12-13-28-2/h3-11H,12-14H2,1-2H3,(H,23,24). The van der Waals surface area contributed by atoms with E-state index in [4.69, 9.17) is 4.74 Å². The van der Waals surface area contributed by atoms with Gasteiger partial charge in [0.1, 0.15) is 0 Å². The molecule has 0 aliphatic carbocycles. The lowest BCUT2D eigenvalue weighted by Gasteiger charge is -2.07. The number of hydrogen-bond donors (Lipinski definition) is 1. The normalized spacial score (nSPS) is 11.1. The summed E-state index contributed by atoms with van der Waals surface area (Å²) in [6.45, 7) is 1.27. The van der Waals surface area contributed by atoms with Crippen LogP contribution < -0.4 is 5.32 Å². The number of ketones is 1. The predicted octanol–water partition coefficient (Wildman–Crippen LogP) is 4.73. The second-order valence-electron chi connectivity index (χ2n) is 6.67. The molecule has 0 saturated heterocycles. The number of para-hydroxylation sites is 1. The molecule has 4 rings (SSSR count). The first-order chi connectivity index (χ1) is 14.7. The molecule has 0 aliphatic heterocycles. The highest BCUT2D eigenvalue weighted by Crippen LogP contribution is 2.35. The van der Waals surface area contributed by atoms with Crippen LogP contribution in [-0.4, -0.2) is 46.6 Å². The van der Waals surface area contributed by atoms with E-state index in [-0.39, 0.29) is 5.78 Å². The van der Waals surface area contributed by atoms with Gasteiger partial charge < -0.3 is 14.6 Å². The van der Waals surface area contributed by atoms with Gasteiger partial charge in [-0.25, -0.2) is 0 Å². The number of methoxy groups -OCH3 is 1. The van der Waals surface area contributed by atoms with E-state index in [1.54, 1.807) is 7.11 Å². The number of anilines is 1. The van der Waals surface area contributed by atoms with E-state index in [1.165, 1.54) is 23.1 Å². The number of thioether (sulfide) groups is 1. The fraction of sp³-hybridized carbons (Fsp3) is 0.227. The van der Waals surface area contributed by atoms with E-state index in [9.17, 15) is 4.79 Å². The highest BCUT2D eigenvalue weighted by Gasteiger charge is 2.22. The molecule has 6 nitrogen and oxygen atoms in total. The van der Waals surface area contributed by atoms with Gasteiger partial charge in [-0.3, -0.25) is 4.79 Å². The van der Waals surface area contributed by atoms with E-state index in [0.717, 1.165) is 37.2 Å². The van der Waals surface area contributed by atoms with Gasteiger partial charge in [-0.15, -0.1) is 10.2 Å². The van der Waals surface area contributed by atoms with Crippen molar-refractivity contribution < 1.29 is 9.53 Å². The van der Waals surface area contributed by atoms with Crippen molar-refractivity contribution in [3.8, 4) is 11.3 Å². The van der Waals surface area contributed by atoms with E-state index < -0.39 is 0 Å². The summed E-state index contributed by atoms with van der Waals surface area (Å²) in [6, 6.07) is 18.1. The SMILES string of the molecule is COCCNc1nnc(SCC(=O)c2c(-c3ccccc3)n(C)c3ccccc23)s1. The average molecular weight is 439 g/mol. The smallest absolute Gasteiger partial charge is 0.206 e. The minimum atomic E-state index is 0.0831. The molecular formula is C22H22N4O2S2. The van der Waals surface area contributed by atoms with Crippen LogP contribution in [0.2, 0.25) is 0 Å². The number of ether oxygens (including phenoxy) is 1. The van der Waals surface area contributed by atoms with E-state index >= 15 is 0 Å². The average Bonchev–Trinajstić information content (AvgIpc) is 3.35. The van der Waals surface area contributed by atoms with Crippen LogP contribution in [0.25, 0.3) is 22.2 Å². The van der Waals surface area contributed by atoms with Crippen molar-refractivity contribution in [3.63, 3.8) is 0 Å². The summed E-state index contributed by atoms with van der Waals surface area (Å²) in [5.74, 6) is 0.389. The van der Waals surface area contributed by atoms with E-state index in [2.05, 4.69) is 26.1 Å². The number of carbonyl (C=O) groups is 1. The van der Waals surface area contributed by atoms with Crippen LogP contribution in [0.5, 0.6) is 0 Å². The third-order valence-electron chi connectivity index (χ3n) is 4.75. The number of aryl methyl sites for hydroxylation is 1. The first kappa shape index (κ1) is 20.6. The zero-order chi connectivity index (χ0) is 20.9. The molecule has 0 bridgehead atoms. The maximum atomic E-state index is 13.3. The number of aromatic nitrogens is 3. The molecule has 0 unspecified atom stereocenters. The minimum absolute atomic E-state index is 0.0831. The number of hydrogen-bond acceptors (Lipinski definition) is 7. The number of Topliss-reactive ketones (excluding diaryl/α,β-unsaturated/α-hetero) is 1. The van der Waals surface area contributed by atoms with Gasteiger partial charge in [0, 0.05) is 31.6 Å². The van der Waals surface area contributed by atoms with Gasteiger partial charge in [0.25, 0.3) is 0 Å². The Morgan fingerprint density at radius 1 is 1.13 bits per heavy atom. The summed E-state index contributed by atoms with van der Waals surface area (Å²) in [4.78, 5) is 13.3. The molecule has 2 aromatic carbocycles. The van der Waals surface area contributed by atoms with Crippen LogP contribution in [0, 0.1) is 0 Å². The summed E-state index contributed by atoms with van der Waals surface area (Å²) in [7, 11) is 3.67. The van der Waals surface area contributed by atoms with Crippen molar-refractivity contribution >= 4 is 44.9 Å². The Morgan fingerprint density at radius 2 is 1.90 bits per heavy atom. The summed E-state index contributed by atoms with van der Waals surface area (Å²) in [5.41, 5.74) is 3.78. The first-order valence-corrected chi connectivity index (χ1v) is 11.3. The lowest BCUT2D eigenvalue weighted by atomic mass is 10.0. The first-order valence-electron chi connectivity index (χ1n) is 9.54. The van der Waals surface area contributed by atoms with Gasteiger partial charge in [0.2, 0.25) is 5.13 Å².